The number of carbonyl (C=O) groups excluding carboxylic acids is 1. The zero-order valence-corrected chi connectivity index (χ0v) is 14.9. The van der Waals surface area contributed by atoms with E-state index in [4.69, 9.17) is 0 Å². The van der Waals surface area contributed by atoms with E-state index in [9.17, 15) is 14.7 Å². The summed E-state index contributed by atoms with van der Waals surface area (Å²) in [6, 6.07) is 17.5. The van der Waals surface area contributed by atoms with E-state index in [-0.39, 0.29) is 18.0 Å². The molecule has 2 aromatic rings. The van der Waals surface area contributed by atoms with Crippen molar-refractivity contribution in [3.63, 3.8) is 0 Å². The average Bonchev–Trinajstić information content (AvgIpc) is 3.24. The van der Waals surface area contributed by atoms with Gasteiger partial charge >= 0.3 is 5.97 Å². The van der Waals surface area contributed by atoms with Gasteiger partial charge in [0.2, 0.25) is 0 Å². The first-order chi connectivity index (χ1) is 12.6. The second-order valence-corrected chi connectivity index (χ2v) is 7.43. The summed E-state index contributed by atoms with van der Waals surface area (Å²) in [4.78, 5) is 27.1. The van der Waals surface area contributed by atoms with Gasteiger partial charge in [0.25, 0.3) is 5.91 Å². The molecule has 0 radical (unpaired) electrons. The summed E-state index contributed by atoms with van der Waals surface area (Å²) in [5, 5.41) is 9.81. The summed E-state index contributed by atoms with van der Waals surface area (Å²) in [6.07, 6.45) is 2.84. The molecule has 2 aliphatic rings. The fraction of sp³-hybridized carbons (Fsp3) is 0.364. The van der Waals surface area contributed by atoms with Crippen LogP contribution in [0.4, 0.5) is 0 Å². The van der Waals surface area contributed by atoms with Gasteiger partial charge in [-0.25, -0.2) is 0 Å². The molecular weight excluding hydrogens is 326 g/mol. The van der Waals surface area contributed by atoms with E-state index in [1.807, 2.05) is 66.4 Å². The Morgan fingerprint density at radius 2 is 1.81 bits per heavy atom. The van der Waals surface area contributed by atoms with Gasteiger partial charge in [-0.2, -0.15) is 0 Å². The Bertz CT molecular complexity index is 847. The van der Waals surface area contributed by atoms with Crippen LogP contribution in [-0.2, 0) is 4.79 Å². The molecule has 1 amide bonds. The van der Waals surface area contributed by atoms with Crippen LogP contribution < -0.4 is 0 Å². The SMILES string of the molecule is CC[C@@]1(C(=O)O)C[C@@H]2CC[C@H]1N2C(=O)c1cccc(-c2ccccc2)c1. The number of hydrogen-bond acceptors (Lipinski definition) is 2. The highest BCUT2D eigenvalue weighted by Crippen LogP contribution is 2.52. The number of nitrogens with zero attached hydrogens (tertiary/aromatic N) is 1. The van der Waals surface area contributed by atoms with Gasteiger partial charge in [-0.15, -0.1) is 0 Å². The van der Waals surface area contributed by atoms with Crippen molar-refractivity contribution in [3.05, 3.63) is 60.2 Å². The smallest absolute Gasteiger partial charge is 0.311 e. The molecule has 2 aliphatic heterocycles. The molecule has 2 aromatic carbocycles. The van der Waals surface area contributed by atoms with Gasteiger partial charge in [0.05, 0.1) is 5.41 Å². The van der Waals surface area contributed by atoms with Crippen LogP contribution in [0, 0.1) is 5.41 Å². The molecule has 134 valence electrons. The Morgan fingerprint density at radius 3 is 2.46 bits per heavy atom. The van der Waals surface area contributed by atoms with Crippen molar-refractivity contribution < 1.29 is 14.7 Å². The lowest BCUT2D eigenvalue weighted by molar-refractivity contribution is -0.151. The molecule has 4 rings (SSSR count). The zero-order valence-electron chi connectivity index (χ0n) is 14.9. The minimum atomic E-state index is -0.782. The van der Waals surface area contributed by atoms with Gasteiger partial charge in [-0.05, 0) is 48.9 Å². The second-order valence-electron chi connectivity index (χ2n) is 7.43. The Morgan fingerprint density at radius 1 is 1.08 bits per heavy atom. The van der Waals surface area contributed by atoms with Crippen LogP contribution in [0.3, 0.4) is 0 Å². The van der Waals surface area contributed by atoms with Crippen LogP contribution >= 0.6 is 0 Å². The highest BCUT2D eigenvalue weighted by atomic mass is 16.4. The van der Waals surface area contributed by atoms with Gasteiger partial charge in [0, 0.05) is 17.6 Å². The van der Waals surface area contributed by atoms with Crippen molar-refractivity contribution >= 4 is 11.9 Å². The lowest BCUT2D eigenvalue weighted by Crippen LogP contribution is -2.44. The van der Waals surface area contributed by atoms with E-state index in [2.05, 4.69) is 0 Å². The summed E-state index contributed by atoms with van der Waals surface area (Å²) < 4.78 is 0. The molecule has 1 N–H and O–H groups in total. The fourth-order valence-electron chi connectivity index (χ4n) is 4.86. The molecular formula is C22H23NO3. The number of aliphatic carboxylic acids is 1. The molecule has 0 unspecified atom stereocenters. The summed E-state index contributed by atoms with van der Waals surface area (Å²) >= 11 is 0. The maximum atomic E-state index is 13.3. The highest BCUT2D eigenvalue weighted by molar-refractivity contribution is 5.97. The molecule has 4 heteroatoms. The molecule has 3 atom stereocenters. The van der Waals surface area contributed by atoms with Crippen molar-refractivity contribution in [2.75, 3.05) is 0 Å². The Hall–Kier alpha value is -2.62. The number of carbonyl (C=O) groups is 2. The number of hydrogen-bond donors (Lipinski definition) is 1. The van der Waals surface area contributed by atoms with Crippen LogP contribution in [0.2, 0.25) is 0 Å². The predicted octanol–water partition coefficient (Wildman–Crippen LogP) is 4.21. The number of rotatable bonds is 4. The molecule has 4 nitrogen and oxygen atoms in total. The van der Waals surface area contributed by atoms with Crippen molar-refractivity contribution in [1.29, 1.82) is 0 Å². The Kier molecular flexibility index (Phi) is 4.06. The van der Waals surface area contributed by atoms with E-state index in [1.165, 1.54) is 0 Å². The minimum absolute atomic E-state index is 0.0353. The number of carboxylic acid groups (broad SMARTS) is 1. The second kappa shape index (κ2) is 6.27. The third-order valence-corrected chi connectivity index (χ3v) is 6.25. The predicted molar refractivity (Wildman–Crippen MR) is 99.8 cm³/mol. The maximum Gasteiger partial charge on any atom is 0.311 e. The van der Waals surface area contributed by atoms with Gasteiger partial charge in [0.15, 0.2) is 0 Å². The highest BCUT2D eigenvalue weighted by Gasteiger charge is 2.60. The van der Waals surface area contributed by atoms with E-state index in [0.29, 0.717) is 18.4 Å². The maximum absolute atomic E-state index is 13.3. The quantitative estimate of drug-likeness (QED) is 0.899. The van der Waals surface area contributed by atoms with Crippen LogP contribution in [0.5, 0.6) is 0 Å². The van der Waals surface area contributed by atoms with Crippen LogP contribution in [0.25, 0.3) is 11.1 Å². The van der Waals surface area contributed by atoms with Gasteiger partial charge in [0.1, 0.15) is 0 Å². The number of amides is 1. The number of carboxylic acids is 1. The molecule has 0 spiro atoms. The summed E-state index contributed by atoms with van der Waals surface area (Å²) in [7, 11) is 0. The lowest BCUT2D eigenvalue weighted by atomic mass is 9.72. The van der Waals surface area contributed by atoms with Crippen molar-refractivity contribution in [2.45, 2.75) is 44.7 Å². The number of benzene rings is 2. The number of fused-ring (bicyclic) bond motifs is 2. The van der Waals surface area contributed by atoms with E-state index in [0.717, 1.165) is 24.0 Å². The van der Waals surface area contributed by atoms with Crippen molar-refractivity contribution in [3.8, 4) is 11.1 Å². The molecule has 0 aromatic heterocycles. The third kappa shape index (κ3) is 2.44. The summed E-state index contributed by atoms with van der Waals surface area (Å²) in [5.74, 6) is -0.796. The molecule has 26 heavy (non-hydrogen) atoms. The third-order valence-electron chi connectivity index (χ3n) is 6.25. The monoisotopic (exact) mass is 349 g/mol. The topological polar surface area (TPSA) is 57.6 Å². The molecule has 0 saturated carbocycles. The van der Waals surface area contributed by atoms with E-state index < -0.39 is 11.4 Å². The molecule has 2 saturated heterocycles. The molecule has 2 fully saturated rings. The van der Waals surface area contributed by atoms with Gasteiger partial charge in [-0.3, -0.25) is 9.59 Å². The normalized spacial score (nSPS) is 26.9. The summed E-state index contributed by atoms with van der Waals surface area (Å²) in [5.41, 5.74) is 1.93. The van der Waals surface area contributed by atoms with E-state index in [1.54, 1.807) is 0 Å². The largest absolute Gasteiger partial charge is 0.481 e. The van der Waals surface area contributed by atoms with E-state index >= 15 is 0 Å². The summed E-state index contributed by atoms with van der Waals surface area (Å²) in [6.45, 7) is 1.92. The fourth-order valence-corrected chi connectivity index (χ4v) is 4.86. The minimum Gasteiger partial charge on any atom is -0.481 e. The molecule has 0 aliphatic carbocycles. The standard InChI is InChI=1S/C22H23NO3/c1-2-22(21(25)26)14-18-11-12-19(22)23(18)20(24)17-10-6-9-16(13-17)15-7-4-3-5-8-15/h3-10,13,18-19H,2,11-12,14H2,1H3,(H,25,26)/t18-,19+,22+/m0/s1. The lowest BCUT2D eigenvalue weighted by Gasteiger charge is -2.32. The first kappa shape index (κ1) is 16.8. The zero-order chi connectivity index (χ0) is 18.3. The molecule has 2 heterocycles. The van der Waals surface area contributed by atoms with Crippen LogP contribution in [-0.4, -0.2) is 34.0 Å². The van der Waals surface area contributed by atoms with Crippen LogP contribution in [0.15, 0.2) is 54.6 Å². The first-order valence-electron chi connectivity index (χ1n) is 9.28. The van der Waals surface area contributed by atoms with Crippen LogP contribution in [0.1, 0.15) is 43.0 Å². The van der Waals surface area contributed by atoms with Gasteiger partial charge in [-0.1, -0.05) is 49.4 Å². The Balaban J connectivity index is 1.66. The Labute approximate surface area is 153 Å². The van der Waals surface area contributed by atoms with Crippen molar-refractivity contribution in [2.24, 2.45) is 5.41 Å². The van der Waals surface area contributed by atoms with Crippen molar-refractivity contribution in [1.82, 2.24) is 4.90 Å². The molecule has 2 bridgehead atoms. The first-order valence-corrected chi connectivity index (χ1v) is 9.28. The average molecular weight is 349 g/mol. The van der Waals surface area contributed by atoms with Gasteiger partial charge < -0.3 is 10.0 Å².